The Morgan fingerprint density at radius 1 is 1.42 bits per heavy atom. The van der Waals surface area contributed by atoms with Crippen LogP contribution in [0.5, 0.6) is 0 Å². The van der Waals surface area contributed by atoms with Gasteiger partial charge in [-0.15, -0.1) is 0 Å². The van der Waals surface area contributed by atoms with Crippen molar-refractivity contribution in [1.29, 1.82) is 0 Å². The Morgan fingerprint density at radius 2 is 2.16 bits per heavy atom. The number of nitrogens with one attached hydrogen (secondary N) is 2. The Bertz CT molecular complexity index is 732. The molecule has 1 aliphatic rings. The summed E-state index contributed by atoms with van der Waals surface area (Å²) in [5.74, 6) is -0.278. The maximum Gasteiger partial charge on any atom is 0.208 e. The molecule has 6 heteroatoms. The zero-order valence-electron chi connectivity index (χ0n) is 10.5. The van der Waals surface area contributed by atoms with Gasteiger partial charge in [0.25, 0.3) is 0 Å². The fraction of sp³-hybridized carbons (Fsp3) is 0.385. The van der Waals surface area contributed by atoms with E-state index in [1.54, 1.807) is 6.07 Å². The van der Waals surface area contributed by atoms with E-state index in [1.165, 1.54) is 12.1 Å². The van der Waals surface area contributed by atoms with Gasteiger partial charge < -0.3 is 4.98 Å². The highest BCUT2D eigenvalue weighted by Gasteiger charge is 2.45. The van der Waals surface area contributed by atoms with Crippen LogP contribution in [0.15, 0.2) is 24.4 Å². The van der Waals surface area contributed by atoms with Crippen LogP contribution < -0.4 is 4.72 Å². The maximum absolute atomic E-state index is 13.2. The molecule has 1 saturated carbocycles. The summed E-state index contributed by atoms with van der Waals surface area (Å²) in [6.45, 7) is 0.399. The van der Waals surface area contributed by atoms with E-state index >= 15 is 0 Å². The third-order valence-electron chi connectivity index (χ3n) is 3.74. The molecule has 0 unspecified atom stereocenters. The number of rotatable bonds is 4. The lowest BCUT2D eigenvalue weighted by Crippen LogP contribution is -2.31. The highest BCUT2D eigenvalue weighted by atomic mass is 32.2. The number of H-pyrrole nitrogens is 1. The van der Waals surface area contributed by atoms with E-state index in [9.17, 15) is 12.8 Å². The van der Waals surface area contributed by atoms with Crippen LogP contribution in [-0.2, 0) is 15.4 Å². The van der Waals surface area contributed by atoms with Crippen LogP contribution in [-0.4, -0.2) is 26.2 Å². The first-order valence-corrected chi connectivity index (χ1v) is 8.01. The van der Waals surface area contributed by atoms with Gasteiger partial charge in [0.15, 0.2) is 0 Å². The zero-order chi connectivity index (χ0) is 13.7. The summed E-state index contributed by atoms with van der Waals surface area (Å²) >= 11 is 0. The SMILES string of the molecule is CS(=O)(=O)NCC1(c2c[nH]c3cc(F)ccc23)CC1. The highest BCUT2D eigenvalue weighted by molar-refractivity contribution is 7.88. The maximum atomic E-state index is 13.2. The number of hydrogen-bond donors (Lipinski definition) is 2. The van der Waals surface area contributed by atoms with Crippen molar-refractivity contribution >= 4 is 20.9 Å². The largest absolute Gasteiger partial charge is 0.361 e. The van der Waals surface area contributed by atoms with Crippen LogP contribution in [0.25, 0.3) is 10.9 Å². The van der Waals surface area contributed by atoms with E-state index < -0.39 is 10.0 Å². The number of aromatic amines is 1. The molecule has 1 aromatic heterocycles. The minimum atomic E-state index is -3.19. The quantitative estimate of drug-likeness (QED) is 0.899. The molecule has 1 fully saturated rings. The van der Waals surface area contributed by atoms with Crippen molar-refractivity contribution < 1.29 is 12.8 Å². The van der Waals surface area contributed by atoms with Gasteiger partial charge in [-0.05, 0) is 36.6 Å². The van der Waals surface area contributed by atoms with Gasteiger partial charge in [0, 0.05) is 29.1 Å². The van der Waals surface area contributed by atoms with Gasteiger partial charge in [0.05, 0.1) is 6.26 Å². The predicted molar refractivity (Wildman–Crippen MR) is 72.0 cm³/mol. The normalized spacial score (nSPS) is 17.8. The molecule has 19 heavy (non-hydrogen) atoms. The van der Waals surface area contributed by atoms with Crippen molar-refractivity contribution in [3.05, 3.63) is 35.8 Å². The molecule has 0 radical (unpaired) electrons. The van der Waals surface area contributed by atoms with Gasteiger partial charge in [-0.2, -0.15) is 0 Å². The molecule has 1 aliphatic carbocycles. The molecule has 4 nitrogen and oxygen atoms in total. The Morgan fingerprint density at radius 3 is 2.79 bits per heavy atom. The molecule has 1 heterocycles. The van der Waals surface area contributed by atoms with Gasteiger partial charge in [0.1, 0.15) is 5.82 Å². The lowest BCUT2D eigenvalue weighted by molar-refractivity contribution is 0.573. The lowest BCUT2D eigenvalue weighted by Gasteiger charge is -2.14. The average molecular weight is 282 g/mol. The summed E-state index contributed by atoms with van der Waals surface area (Å²) in [6, 6.07) is 4.63. The second-order valence-electron chi connectivity index (χ2n) is 5.27. The monoisotopic (exact) mass is 282 g/mol. The summed E-state index contributed by atoms with van der Waals surface area (Å²) in [6.07, 6.45) is 4.91. The molecular formula is C13H15FN2O2S. The van der Waals surface area contributed by atoms with Crippen molar-refractivity contribution in [1.82, 2.24) is 9.71 Å². The van der Waals surface area contributed by atoms with Crippen LogP contribution in [0.3, 0.4) is 0 Å². The number of aromatic nitrogens is 1. The molecule has 2 N–H and O–H groups in total. The van der Waals surface area contributed by atoms with Crippen molar-refractivity contribution in [3.8, 4) is 0 Å². The number of halogens is 1. The zero-order valence-corrected chi connectivity index (χ0v) is 11.3. The topological polar surface area (TPSA) is 62.0 Å². The van der Waals surface area contributed by atoms with Crippen LogP contribution in [0, 0.1) is 5.82 Å². The van der Waals surface area contributed by atoms with Gasteiger partial charge in [-0.3, -0.25) is 0 Å². The third-order valence-corrected chi connectivity index (χ3v) is 4.41. The number of sulfonamides is 1. The molecule has 1 aromatic carbocycles. The molecular weight excluding hydrogens is 267 g/mol. The van der Waals surface area contributed by atoms with Crippen molar-refractivity contribution in [2.24, 2.45) is 0 Å². The van der Waals surface area contributed by atoms with E-state index in [0.29, 0.717) is 6.54 Å². The predicted octanol–water partition coefficient (Wildman–Crippen LogP) is 1.89. The van der Waals surface area contributed by atoms with Gasteiger partial charge in [-0.25, -0.2) is 17.5 Å². The lowest BCUT2D eigenvalue weighted by atomic mass is 9.96. The van der Waals surface area contributed by atoms with Crippen LogP contribution >= 0.6 is 0 Å². The second kappa shape index (κ2) is 4.05. The number of fused-ring (bicyclic) bond motifs is 1. The molecule has 0 atom stereocenters. The number of hydrogen-bond acceptors (Lipinski definition) is 2. The van der Waals surface area contributed by atoms with E-state index in [2.05, 4.69) is 9.71 Å². The smallest absolute Gasteiger partial charge is 0.208 e. The van der Waals surface area contributed by atoms with Crippen LogP contribution in [0.4, 0.5) is 4.39 Å². The van der Waals surface area contributed by atoms with Crippen molar-refractivity contribution in [2.45, 2.75) is 18.3 Å². The minimum Gasteiger partial charge on any atom is -0.361 e. The van der Waals surface area contributed by atoms with E-state index in [0.717, 1.165) is 35.6 Å². The van der Waals surface area contributed by atoms with Gasteiger partial charge in [0.2, 0.25) is 10.0 Å². The third kappa shape index (κ3) is 2.37. The highest BCUT2D eigenvalue weighted by Crippen LogP contribution is 2.50. The van der Waals surface area contributed by atoms with Crippen LogP contribution in [0.1, 0.15) is 18.4 Å². The second-order valence-corrected chi connectivity index (χ2v) is 7.10. The minimum absolute atomic E-state index is 0.140. The van der Waals surface area contributed by atoms with E-state index in [-0.39, 0.29) is 11.2 Å². The standard InChI is InChI=1S/C13H15FN2O2S/c1-19(17,18)16-8-13(4-5-13)11-7-15-12-6-9(14)2-3-10(11)12/h2-3,6-7,15-16H,4-5,8H2,1H3. The molecule has 0 bridgehead atoms. The number of benzene rings is 1. The van der Waals surface area contributed by atoms with Crippen molar-refractivity contribution in [2.75, 3.05) is 12.8 Å². The first-order valence-electron chi connectivity index (χ1n) is 6.11. The molecule has 102 valence electrons. The van der Waals surface area contributed by atoms with Crippen molar-refractivity contribution in [3.63, 3.8) is 0 Å². The molecule has 0 spiro atoms. The molecule has 3 rings (SSSR count). The summed E-state index contributed by atoms with van der Waals surface area (Å²) < 4.78 is 38.2. The Balaban J connectivity index is 1.96. The van der Waals surface area contributed by atoms with Gasteiger partial charge >= 0.3 is 0 Å². The average Bonchev–Trinajstić information content (AvgIpc) is 3.00. The molecule has 0 amide bonds. The molecule has 2 aromatic rings. The Kier molecular flexibility index (Phi) is 2.69. The van der Waals surface area contributed by atoms with Crippen LogP contribution in [0.2, 0.25) is 0 Å². The summed E-state index contributed by atoms with van der Waals surface area (Å²) in [4.78, 5) is 3.06. The molecule has 0 saturated heterocycles. The molecule has 0 aliphatic heterocycles. The van der Waals surface area contributed by atoms with Gasteiger partial charge in [-0.1, -0.05) is 0 Å². The fourth-order valence-corrected chi connectivity index (χ4v) is 3.04. The summed E-state index contributed by atoms with van der Waals surface area (Å²) in [7, 11) is -3.19. The Labute approximate surface area is 111 Å². The summed E-state index contributed by atoms with van der Waals surface area (Å²) in [5, 5.41) is 0.967. The summed E-state index contributed by atoms with van der Waals surface area (Å²) in [5.41, 5.74) is 1.68. The van der Waals surface area contributed by atoms with E-state index in [4.69, 9.17) is 0 Å². The first kappa shape index (κ1) is 12.6. The fourth-order valence-electron chi connectivity index (χ4n) is 2.50. The first-order chi connectivity index (χ1) is 8.90. The van der Waals surface area contributed by atoms with E-state index in [1.807, 2.05) is 6.20 Å². The Hall–Kier alpha value is -1.40.